The molecule has 0 aliphatic heterocycles. The fourth-order valence-corrected chi connectivity index (χ4v) is 8.17. The Morgan fingerprint density at radius 1 is 0.415 bits per heavy atom. The summed E-state index contributed by atoms with van der Waals surface area (Å²) in [6.45, 7) is 4.05. The zero-order valence-corrected chi connectivity index (χ0v) is 34.0. The quantitative estimate of drug-likeness (QED) is 0.150. The van der Waals surface area contributed by atoms with E-state index in [4.69, 9.17) is 9.97 Å². The molecule has 0 bridgehead atoms. The molecule has 0 saturated carbocycles. The van der Waals surface area contributed by atoms with E-state index in [1.165, 1.54) is 22.7 Å². The second-order valence-corrected chi connectivity index (χ2v) is 14.0. The predicted octanol–water partition coefficient (Wildman–Crippen LogP) is 11.9. The van der Waals surface area contributed by atoms with Gasteiger partial charge in [-0.1, -0.05) is 145 Å². The Morgan fingerprint density at radius 2 is 0.736 bits per heavy atom. The molecule has 8 aromatic rings. The molecular weight excluding hydrogens is 768 g/mol. The Kier molecular flexibility index (Phi) is 12.5. The number of rotatable bonds is 7. The van der Waals surface area contributed by atoms with Crippen LogP contribution in [0, 0.1) is 28.7 Å². The Bertz CT molecular complexity index is 2320. The van der Waals surface area contributed by atoms with Gasteiger partial charge in [-0.15, -0.1) is 22.7 Å². The van der Waals surface area contributed by atoms with Crippen molar-refractivity contribution in [2.24, 2.45) is 0 Å². The molecule has 7 heteroatoms. The van der Waals surface area contributed by atoms with Crippen LogP contribution in [-0.2, 0) is 26.2 Å². The molecule has 0 N–H and O–H groups in total. The number of aryl methyl sites for hydroxylation is 2. The average Bonchev–Trinajstić information content (AvgIpc) is 3.85. The van der Waals surface area contributed by atoms with Crippen LogP contribution in [-0.4, -0.2) is 9.97 Å². The van der Waals surface area contributed by atoms with Crippen molar-refractivity contribution < 1.29 is 36.4 Å². The second-order valence-electron chi connectivity index (χ2n) is 12.3. The van der Waals surface area contributed by atoms with Gasteiger partial charge in [-0.25, -0.2) is 9.97 Å². The van der Waals surface area contributed by atoms with Crippen molar-refractivity contribution in [1.82, 2.24) is 9.97 Å². The van der Waals surface area contributed by atoms with Crippen LogP contribution in [0.5, 0.6) is 11.5 Å². The van der Waals surface area contributed by atoms with Crippen LogP contribution in [0.25, 0.3) is 77.0 Å². The van der Waals surface area contributed by atoms with Crippen LogP contribution in [0.2, 0.25) is 0 Å². The molecular formula is C46H36N2O2S2Zr. The molecule has 258 valence electrons. The summed E-state index contributed by atoms with van der Waals surface area (Å²) in [6, 6.07) is 43.4. The molecule has 0 saturated heterocycles. The van der Waals surface area contributed by atoms with E-state index in [0.29, 0.717) is 22.3 Å². The van der Waals surface area contributed by atoms with Gasteiger partial charge in [0.05, 0.1) is 11.4 Å². The maximum Gasteiger partial charge on any atom is 4.00 e. The van der Waals surface area contributed by atoms with Crippen LogP contribution in [0.4, 0.5) is 0 Å². The minimum atomic E-state index is -0.00123. The van der Waals surface area contributed by atoms with Crippen molar-refractivity contribution in [3.8, 4) is 88.5 Å². The van der Waals surface area contributed by atoms with Gasteiger partial charge in [0.25, 0.3) is 0 Å². The average molecular weight is 804 g/mol. The SMILES string of the molecule is Cc1cc(-c2ccccc2)c([O-])c(-c2ccccc2-c2csc(-c3nc(-c4ccccc4-c4cc(C)cc(-c5ccccc5)c4[O-])cs3)n2)c1.[CH3-].[CH3-].[Zr+4]. The van der Waals surface area contributed by atoms with E-state index in [-0.39, 0.29) is 52.6 Å². The smallest absolute Gasteiger partial charge is 0.872 e. The summed E-state index contributed by atoms with van der Waals surface area (Å²) in [5.41, 5.74) is 11.6. The van der Waals surface area contributed by atoms with E-state index >= 15 is 0 Å². The van der Waals surface area contributed by atoms with Gasteiger partial charge in [0.1, 0.15) is 0 Å². The van der Waals surface area contributed by atoms with Crippen LogP contribution in [0.3, 0.4) is 0 Å². The molecule has 0 unspecified atom stereocenters. The maximum atomic E-state index is 13.9. The van der Waals surface area contributed by atoms with E-state index in [0.717, 1.165) is 65.9 Å². The summed E-state index contributed by atoms with van der Waals surface area (Å²) < 4.78 is 0. The first-order valence-electron chi connectivity index (χ1n) is 16.3. The predicted molar refractivity (Wildman–Crippen MR) is 217 cm³/mol. The summed E-state index contributed by atoms with van der Waals surface area (Å²) in [5.74, 6) is -0.00246. The van der Waals surface area contributed by atoms with Gasteiger partial charge in [0.2, 0.25) is 0 Å². The van der Waals surface area contributed by atoms with Crippen molar-refractivity contribution in [2.75, 3.05) is 0 Å². The molecule has 0 spiro atoms. The number of nitrogens with zero attached hydrogens (tertiary/aromatic N) is 2. The van der Waals surface area contributed by atoms with Crippen molar-refractivity contribution in [3.63, 3.8) is 0 Å². The van der Waals surface area contributed by atoms with E-state index in [9.17, 15) is 10.2 Å². The van der Waals surface area contributed by atoms with Gasteiger partial charge >= 0.3 is 26.2 Å². The third kappa shape index (κ3) is 7.75. The standard InChI is InChI=1S/C44H32N2O2S2.2CH3.Zr/c1-27-21-35(29-13-5-3-6-14-29)41(47)37(23-27)31-17-9-11-19-33(31)39-25-49-43(45-39)44-46-40(26-50-44)34-20-12-10-18-32(34)38-24-28(2)22-36(42(38)48)30-15-7-4-8-16-30;;;/h3-26,47-48H,1-2H3;2*1H3;/q;2*-1;+4/p-2. The minimum Gasteiger partial charge on any atom is -0.872 e. The van der Waals surface area contributed by atoms with E-state index in [2.05, 4.69) is 0 Å². The van der Waals surface area contributed by atoms with Crippen LogP contribution < -0.4 is 10.2 Å². The first-order valence-corrected chi connectivity index (χ1v) is 18.1. The van der Waals surface area contributed by atoms with Gasteiger partial charge in [-0.2, -0.15) is 0 Å². The van der Waals surface area contributed by atoms with Crippen molar-refractivity contribution in [2.45, 2.75) is 13.8 Å². The number of hydrogen-bond acceptors (Lipinski definition) is 6. The van der Waals surface area contributed by atoms with E-state index in [1.807, 2.05) is 158 Å². The van der Waals surface area contributed by atoms with Crippen LogP contribution in [0.1, 0.15) is 11.1 Å². The van der Waals surface area contributed by atoms with Gasteiger partial charge < -0.3 is 25.1 Å². The van der Waals surface area contributed by atoms with Gasteiger partial charge in [0, 0.05) is 21.9 Å². The number of thiazole rings is 2. The van der Waals surface area contributed by atoms with Gasteiger partial charge in [-0.05, 0) is 69.5 Å². The molecule has 4 nitrogen and oxygen atoms in total. The van der Waals surface area contributed by atoms with Crippen LogP contribution in [0.15, 0.2) is 144 Å². The van der Waals surface area contributed by atoms with Crippen molar-refractivity contribution >= 4 is 22.7 Å². The zero-order chi connectivity index (χ0) is 34.2. The fraction of sp³-hybridized carbons (Fsp3) is 0.0435. The van der Waals surface area contributed by atoms with E-state index < -0.39 is 0 Å². The molecule has 0 radical (unpaired) electrons. The largest absolute Gasteiger partial charge is 4.00 e. The number of aromatic nitrogens is 2. The topological polar surface area (TPSA) is 71.9 Å². The van der Waals surface area contributed by atoms with Gasteiger partial charge in [-0.3, -0.25) is 0 Å². The molecule has 8 rings (SSSR count). The Balaban J connectivity index is 0.00000180. The Labute approximate surface area is 339 Å². The third-order valence-electron chi connectivity index (χ3n) is 8.81. The second kappa shape index (κ2) is 16.8. The molecule has 0 fully saturated rings. The molecule has 2 heterocycles. The summed E-state index contributed by atoms with van der Waals surface area (Å²) in [5, 5.41) is 33.4. The number of benzene rings is 6. The molecule has 0 aliphatic carbocycles. The molecule has 0 amide bonds. The fourth-order valence-electron chi connectivity index (χ4n) is 6.48. The van der Waals surface area contributed by atoms with Crippen molar-refractivity contribution in [1.29, 1.82) is 0 Å². The summed E-state index contributed by atoms with van der Waals surface area (Å²) in [7, 11) is 0. The summed E-state index contributed by atoms with van der Waals surface area (Å²) in [6.07, 6.45) is 0. The first kappa shape index (κ1) is 39.3. The summed E-state index contributed by atoms with van der Waals surface area (Å²) >= 11 is 3.06. The Hall–Kier alpha value is -4.94. The first-order chi connectivity index (χ1) is 24.4. The number of hydrogen-bond donors (Lipinski definition) is 0. The maximum absolute atomic E-state index is 13.9. The minimum absolute atomic E-state index is 0. The van der Waals surface area contributed by atoms with Gasteiger partial charge in [0.15, 0.2) is 10.0 Å². The Morgan fingerprint density at radius 3 is 1.11 bits per heavy atom. The molecule has 53 heavy (non-hydrogen) atoms. The van der Waals surface area contributed by atoms with Crippen LogP contribution >= 0.6 is 22.7 Å². The molecule has 6 aromatic carbocycles. The molecule has 0 aliphatic rings. The third-order valence-corrected chi connectivity index (χ3v) is 10.6. The zero-order valence-electron chi connectivity index (χ0n) is 29.9. The van der Waals surface area contributed by atoms with Crippen molar-refractivity contribution in [3.05, 3.63) is 170 Å². The monoisotopic (exact) mass is 802 g/mol. The summed E-state index contributed by atoms with van der Waals surface area (Å²) in [4.78, 5) is 10.1. The molecule has 2 aromatic heterocycles. The normalized spacial score (nSPS) is 10.5. The van der Waals surface area contributed by atoms with E-state index in [1.54, 1.807) is 0 Å². The molecule has 0 atom stereocenters.